The maximum Gasteiger partial charge on any atom is 0.411 e. The highest BCUT2D eigenvalue weighted by Crippen LogP contribution is 2.48. The Morgan fingerprint density at radius 3 is 2.53 bits per heavy atom. The first-order chi connectivity index (χ1) is 8.76. The first-order valence-electron chi connectivity index (χ1n) is 6.64. The summed E-state index contributed by atoms with van der Waals surface area (Å²) in [7, 11) is 0. The number of carbonyl (C=O) groups excluding carboxylic acids is 1. The quantitative estimate of drug-likeness (QED) is 0.594. The van der Waals surface area contributed by atoms with E-state index >= 15 is 0 Å². The maximum atomic E-state index is 11.3. The highest BCUT2D eigenvalue weighted by atomic mass is 16.6. The third-order valence-corrected chi connectivity index (χ3v) is 3.08. The van der Waals surface area contributed by atoms with Crippen LogP contribution in [-0.4, -0.2) is 24.2 Å². The van der Waals surface area contributed by atoms with Gasteiger partial charge in [-0.1, -0.05) is 6.92 Å². The predicted octanol–water partition coefficient (Wildman–Crippen LogP) is 3.21. The number of carbonyl (C=O) groups is 1. The van der Waals surface area contributed by atoms with E-state index in [2.05, 4.69) is 12.2 Å². The van der Waals surface area contributed by atoms with Crippen LogP contribution in [-0.2, 0) is 9.47 Å². The van der Waals surface area contributed by atoms with Gasteiger partial charge in [-0.2, -0.15) is 0 Å². The van der Waals surface area contributed by atoms with E-state index in [-0.39, 0.29) is 5.90 Å². The Hall–Kier alpha value is -1.52. The standard InChI is InChI=1S/C14H24N2O3/c1-5-14(7-8-14)10-18-11(15)6-9-16-12(17)19-13(2,3)4/h6,9,15H,5,7-8,10H2,1-4H3,(H,16,17)/b9-6-,15-11?. The Morgan fingerprint density at radius 1 is 1.42 bits per heavy atom. The first kappa shape index (κ1) is 15.5. The molecule has 0 aliphatic heterocycles. The van der Waals surface area contributed by atoms with Gasteiger partial charge in [0, 0.05) is 17.7 Å². The fourth-order valence-electron chi connectivity index (χ4n) is 1.55. The average molecular weight is 268 g/mol. The summed E-state index contributed by atoms with van der Waals surface area (Å²) >= 11 is 0. The van der Waals surface area contributed by atoms with Gasteiger partial charge in [0.1, 0.15) is 5.60 Å². The smallest absolute Gasteiger partial charge is 0.411 e. The summed E-state index contributed by atoms with van der Waals surface area (Å²) in [4.78, 5) is 11.3. The van der Waals surface area contributed by atoms with Gasteiger partial charge in [0.25, 0.3) is 0 Å². The van der Waals surface area contributed by atoms with E-state index in [0.29, 0.717) is 12.0 Å². The minimum absolute atomic E-state index is 0.0517. The lowest BCUT2D eigenvalue weighted by molar-refractivity contribution is 0.0552. The van der Waals surface area contributed by atoms with Crippen LogP contribution < -0.4 is 5.32 Å². The molecule has 19 heavy (non-hydrogen) atoms. The van der Waals surface area contributed by atoms with Crippen LogP contribution in [0.1, 0.15) is 47.0 Å². The van der Waals surface area contributed by atoms with Crippen LogP contribution in [0.15, 0.2) is 12.3 Å². The van der Waals surface area contributed by atoms with Crippen molar-refractivity contribution in [3.8, 4) is 0 Å². The average Bonchev–Trinajstić information content (AvgIpc) is 3.04. The summed E-state index contributed by atoms with van der Waals surface area (Å²) in [5, 5.41) is 10.0. The van der Waals surface area contributed by atoms with Crippen molar-refractivity contribution in [2.45, 2.75) is 52.6 Å². The van der Waals surface area contributed by atoms with Gasteiger partial charge in [-0.25, -0.2) is 4.79 Å². The summed E-state index contributed by atoms with van der Waals surface area (Å²) in [6.07, 6.45) is 5.68. The van der Waals surface area contributed by atoms with E-state index in [1.54, 1.807) is 20.8 Å². The van der Waals surface area contributed by atoms with E-state index in [1.165, 1.54) is 25.1 Å². The Morgan fingerprint density at radius 2 is 2.05 bits per heavy atom. The van der Waals surface area contributed by atoms with Crippen molar-refractivity contribution >= 4 is 12.0 Å². The molecule has 0 aromatic rings. The van der Waals surface area contributed by atoms with Crippen molar-refractivity contribution in [3.05, 3.63) is 12.3 Å². The van der Waals surface area contributed by atoms with Crippen LogP contribution in [0.3, 0.4) is 0 Å². The number of hydrogen-bond donors (Lipinski definition) is 2. The molecule has 0 aromatic carbocycles. The van der Waals surface area contributed by atoms with Crippen LogP contribution in [0.2, 0.25) is 0 Å². The number of rotatable bonds is 5. The normalized spacial score (nSPS) is 17.1. The molecular formula is C14H24N2O3. The van der Waals surface area contributed by atoms with Gasteiger partial charge in [0.2, 0.25) is 5.90 Å². The highest BCUT2D eigenvalue weighted by Gasteiger charge is 2.41. The van der Waals surface area contributed by atoms with Crippen molar-refractivity contribution in [1.82, 2.24) is 5.32 Å². The second kappa shape index (κ2) is 6.08. The molecule has 0 heterocycles. The zero-order chi connectivity index (χ0) is 14.5. The Bertz CT molecular complexity index is 365. The molecule has 0 unspecified atom stereocenters. The topological polar surface area (TPSA) is 71.4 Å². The maximum absolute atomic E-state index is 11.3. The molecule has 1 fully saturated rings. The van der Waals surface area contributed by atoms with Gasteiger partial charge in [-0.15, -0.1) is 0 Å². The molecule has 0 radical (unpaired) electrons. The van der Waals surface area contributed by atoms with Crippen LogP contribution in [0.4, 0.5) is 4.79 Å². The molecule has 1 amide bonds. The van der Waals surface area contributed by atoms with E-state index < -0.39 is 11.7 Å². The number of amides is 1. The molecule has 5 nitrogen and oxygen atoms in total. The van der Waals surface area contributed by atoms with Crippen molar-refractivity contribution in [3.63, 3.8) is 0 Å². The fraction of sp³-hybridized carbons (Fsp3) is 0.714. The molecule has 1 aliphatic carbocycles. The third-order valence-electron chi connectivity index (χ3n) is 3.08. The Labute approximate surface area is 114 Å². The lowest BCUT2D eigenvalue weighted by Crippen LogP contribution is -2.29. The zero-order valence-electron chi connectivity index (χ0n) is 12.2. The molecule has 108 valence electrons. The second-order valence-corrected chi connectivity index (χ2v) is 5.99. The van der Waals surface area contributed by atoms with E-state index in [9.17, 15) is 4.79 Å². The van der Waals surface area contributed by atoms with Crippen LogP contribution in [0.5, 0.6) is 0 Å². The lowest BCUT2D eigenvalue weighted by atomic mass is 10.1. The summed E-state index contributed by atoms with van der Waals surface area (Å²) in [5.74, 6) is 0.0517. The van der Waals surface area contributed by atoms with E-state index in [0.717, 1.165) is 6.42 Å². The summed E-state index contributed by atoms with van der Waals surface area (Å²) in [5.41, 5.74) is -0.236. The molecule has 1 rings (SSSR count). The minimum Gasteiger partial charge on any atom is -0.477 e. The monoisotopic (exact) mass is 268 g/mol. The molecule has 0 atom stereocenters. The van der Waals surface area contributed by atoms with Crippen molar-refractivity contribution < 1.29 is 14.3 Å². The Kier molecular flexibility index (Phi) is 4.97. The van der Waals surface area contributed by atoms with Crippen molar-refractivity contribution in [2.75, 3.05) is 6.61 Å². The molecule has 0 aromatic heterocycles. The summed E-state index contributed by atoms with van der Waals surface area (Å²) in [6, 6.07) is 0. The first-order valence-corrected chi connectivity index (χ1v) is 6.64. The molecule has 0 spiro atoms. The molecular weight excluding hydrogens is 244 g/mol. The zero-order valence-corrected chi connectivity index (χ0v) is 12.2. The van der Waals surface area contributed by atoms with Crippen LogP contribution in [0.25, 0.3) is 0 Å². The molecule has 1 aliphatic rings. The van der Waals surface area contributed by atoms with Gasteiger partial charge in [0.15, 0.2) is 0 Å². The van der Waals surface area contributed by atoms with Crippen molar-refractivity contribution in [1.29, 1.82) is 5.41 Å². The highest BCUT2D eigenvalue weighted by molar-refractivity contribution is 5.85. The molecule has 0 bridgehead atoms. The van der Waals surface area contributed by atoms with Gasteiger partial charge >= 0.3 is 6.09 Å². The number of nitrogens with one attached hydrogen (secondary N) is 2. The molecule has 2 N–H and O–H groups in total. The third kappa shape index (κ3) is 6.27. The summed E-state index contributed by atoms with van der Waals surface area (Å²) < 4.78 is 10.4. The van der Waals surface area contributed by atoms with Crippen LogP contribution in [0, 0.1) is 10.8 Å². The second-order valence-electron chi connectivity index (χ2n) is 5.99. The number of ether oxygens (including phenoxy) is 2. The molecule has 5 heteroatoms. The Balaban J connectivity index is 2.21. The van der Waals surface area contributed by atoms with Gasteiger partial charge in [0.05, 0.1) is 6.61 Å². The fourth-order valence-corrected chi connectivity index (χ4v) is 1.55. The molecule has 1 saturated carbocycles. The minimum atomic E-state index is -0.538. The lowest BCUT2D eigenvalue weighted by Gasteiger charge is -2.18. The summed E-state index contributed by atoms with van der Waals surface area (Å²) in [6.45, 7) is 8.10. The van der Waals surface area contributed by atoms with Gasteiger partial charge in [-0.3, -0.25) is 10.7 Å². The van der Waals surface area contributed by atoms with E-state index in [1.807, 2.05) is 0 Å². The molecule has 0 saturated heterocycles. The van der Waals surface area contributed by atoms with Gasteiger partial charge < -0.3 is 9.47 Å². The number of alkyl carbamates (subject to hydrolysis) is 1. The van der Waals surface area contributed by atoms with Crippen molar-refractivity contribution in [2.24, 2.45) is 5.41 Å². The van der Waals surface area contributed by atoms with E-state index in [4.69, 9.17) is 14.9 Å². The van der Waals surface area contributed by atoms with Crippen LogP contribution >= 0.6 is 0 Å². The number of hydrogen-bond acceptors (Lipinski definition) is 4. The predicted molar refractivity (Wildman–Crippen MR) is 74.1 cm³/mol. The SMILES string of the molecule is CCC1(COC(=N)/C=C\NC(=O)OC(C)(C)C)CC1. The largest absolute Gasteiger partial charge is 0.477 e. The van der Waals surface area contributed by atoms with Gasteiger partial charge in [-0.05, 0) is 40.0 Å².